The van der Waals surface area contributed by atoms with Gasteiger partial charge in [0.05, 0.1) is 0 Å². The summed E-state index contributed by atoms with van der Waals surface area (Å²) in [6.45, 7) is 0. The summed E-state index contributed by atoms with van der Waals surface area (Å²) >= 11 is 11.5. The van der Waals surface area contributed by atoms with Gasteiger partial charge < -0.3 is 5.32 Å². The molecule has 1 aromatic rings. The molecular weight excluding hydrogens is 197 g/mol. The highest BCUT2D eigenvalue weighted by atomic mass is 35.5. The Bertz CT molecular complexity index is 351. The summed E-state index contributed by atoms with van der Waals surface area (Å²) in [5.41, 5.74) is 1.51. The van der Waals surface area contributed by atoms with Crippen molar-refractivity contribution < 1.29 is 4.79 Å². The zero-order valence-electron chi connectivity index (χ0n) is 5.97. The predicted molar refractivity (Wildman–Crippen MR) is 48.7 cm³/mol. The van der Waals surface area contributed by atoms with Gasteiger partial charge in [-0.05, 0) is 12.1 Å². The van der Waals surface area contributed by atoms with E-state index in [1.165, 1.54) is 0 Å². The molecule has 4 heteroatoms. The topological polar surface area (TPSA) is 29.1 Å². The molecule has 0 radical (unpaired) electrons. The van der Waals surface area contributed by atoms with Crippen molar-refractivity contribution in [1.29, 1.82) is 0 Å². The van der Waals surface area contributed by atoms with Crippen LogP contribution in [-0.4, -0.2) is 5.91 Å². The molecule has 0 saturated heterocycles. The fourth-order valence-electron chi connectivity index (χ4n) is 1.20. The van der Waals surface area contributed by atoms with E-state index in [0.29, 0.717) is 10.7 Å². The Morgan fingerprint density at radius 3 is 2.92 bits per heavy atom. The fourth-order valence-corrected chi connectivity index (χ4v) is 1.61. The Balaban J connectivity index is 2.54. The minimum Gasteiger partial charge on any atom is -0.324 e. The summed E-state index contributed by atoms with van der Waals surface area (Å²) in [6, 6.07) is 5.17. The molecule has 0 spiro atoms. The molecule has 2 nitrogen and oxygen atoms in total. The normalized spacial score (nSPS) is 20.5. The third kappa shape index (κ3) is 1.08. The SMILES string of the molecule is O=C1Nc2cc(Cl)ccc2C1Cl. The number of nitrogens with one attached hydrogen (secondary N) is 1. The average Bonchev–Trinajstić information content (AvgIpc) is 2.28. The van der Waals surface area contributed by atoms with E-state index in [0.717, 1.165) is 5.56 Å². The molecule has 1 unspecified atom stereocenters. The van der Waals surface area contributed by atoms with Crippen LogP contribution < -0.4 is 5.32 Å². The predicted octanol–water partition coefficient (Wildman–Crippen LogP) is 2.57. The van der Waals surface area contributed by atoms with Crippen molar-refractivity contribution in [3.8, 4) is 0 Å². The zero-order valence-corrected chi connectivity index (χ0v) is 7.49. The summed E-state index contributed by atoms with van der Waals surface area (Å²) in [7, 11) is 0. The van der Waals surface area contributed by atoms with E-state index in [4.69, 9.17) is 23.2 Å². The number of halogens is 2. The van der Waals surface area contributed by atoms with Crippen LogP contribution >= 0.6 is 23.2 Å². The molecule has 1 aliphatic rings. The average molecular weight is 202 g/mol. The number of anilines is 1. The van der Waals surface area contributed by atoms with Crippen LogP contribution in [0.3, 0.4) is 0 Å². The maximum absolute atomic E-state index is 11.1. The van der Waals surface area contributed by atoms with Crippen LogP contribution in [0.1, 0.15) is 10.9 Å². The van der Waals surface area contributed by atoms with E-state index in [1.54, 1.807) is 18.2 Å². The minimum absolute atomic E-state index is 0.186. The van der Waals surface area contributed by atoms with E-state index in [9.17, 15) is 4.79 Å². The number of carbonyl (C=O) groups excluding carboxylic acids is 1. The number of rotatable bonds is 0. The van der Waals surface area contributed by atoms with Crippen molar-refractivity contribution in [2.45, 2.75) is 5.38 Å². The van der Waals surface area contributed by atoms with Crippen LogP contribution in [0.5, 0.6) is 0 Å². The molecule has 0 bridgehead atoms. The maximum atomic E-state index is 11.1. The highest BCUT2D eigenvalue weighted by Gasteiger charge is 2.28. The van der Waals surface area contributed by atoms with Crippen LogP contribution in [0.2, 0.25) is 5.02 Å². The number of hydrogen-bond donors (Lipinski definition) is 1. The van der Waals surface area contributed by atoms with E-state index in [2.05, 4.69) is 5.32 Å². The van der Waals surface area contributed by atoms with Crippen molar-refractivity contribution in [2.24, 2.45) is 0 Å². The van der Waals surface area contributed by atoms with Gasteiger partial charge in [-0.15, -0.1) is 11.6 Å². The molecule has 0 fully saturated rings. The molecule has 0 saturated carbocycles. The first-order valence-electron chi connectivity index (χ1n) is 3.43. The molecule has 1 N–H and O–H groups in total. The van der Waals surface area contributed by atoms with Crippen LogP contribution in [0.4, 0.5) is 5.69 Å². The van der Waals surface area contributed by atoms with E-state index in [-0.39, 0.29) is 5.91 Å². The van der Waals surface area contributed by atoms with Gasteiger partial charge in [-0.25, -0.2) is 0 Å². The summed E-state index contributed by atoms with van der Waals surface area (Å²) in [5.74, 6) is -0.186. The third-order valence-electron chi connectivity index (χ3n) is 1.78. The Hall–Kier alpha value is -0.730. The van der Waals surface area contributed by atoms with Gasteiger partial charge >= 0.3 is 0 Å². The highest BCUT2D eigenvalue weighted by Crippen LogP contribution is 2.36. The van der Waals surface area contributed by atoms with Gasteiger partial charge in [0, 0.05) is 16.3 Å². The van der Waals surface area contributed by atoms with Crippen molar-refractivity contribution in [2.75, 3.05) is 5.32 Å². The van der Waals surface area contributed by atoms with Crippen molar-refractivity contribution in [3.05, 3.63) is 28.8 Å². The monoisotopic (exact) mass is 201 g/mol. The fraction of sp³-hybridized carbons (Fsp3) is 0.125. The smallest absolute Gasteiger partial charge is 0.247 e. The lowest BCUT2D eigenvalue weighted by atomic mass is 10.2. The Labute approximate surface area is 79.5 Å². The number of hydrogen-bond acceptors (Lipinski definition) is 1. The molecule has 1 amide bonds. The quantitative estimate of drug-likeness (QED) is 0.643. The second-order valence-corrected chi connectivity index (χ2v) is 3.46. The van der Waals surface area contributed by atoms with Gasteiger partial charge in [0.25, 0.3) is 0 Å². The lowest BCUT2D eigenvalue weighted by Gasteiger charge is -1.98. The van der Waals surface area contributed by atoms with Crippen molar-refractivity contribution in [1.82, 2.24) is 0 Å². The molecular formula is C8H5Cl2NO. The van der Waals surface area contributed by atoms with Gasteiger partial charge in [0.1, 0.15) is 5.38 Å². The second-order valence-electron chi connectivity index (χ2n) is 2.58. The highest BCUT2D eigenvalue weighted by molar-refractivity contribution is 6.36. The summed E-state index contributed by atoms with van der Waals surface area (Å²) in [6.07, 6.45) is 0. The van der Waals surface area contributed by atoms with Crippen molar-refractivity contribution >= 4 is 34.8 Å². The molecule has 1 atom stereocenters. The molecule has 0 aliphatic carbocycles. The lowest BCUT2D eigenvalue weighted by molar-refractivity contribution is -0.115. The Morgan fingerprint density at radius 1 is 1.42 bits per heavy atom. The van der Waals surface area contributed by atoms with Gasteiger partial charge in [0.2, 0.25) is 5.91 Å². The zero-order chi connectivity index (χ0) is 8.72. The molecule has 1 aliphatic heterocycles. The standard InChI is InChI=1S/C8H5Cl2NO/c9-4-1-2-5-6(3-4)11-8(12)7(5)10/h1-3,7H,(H,11,12). The van der Waals surface area contributed by atoms with Crippen molar-refractivity contribution in [3.63, 3.8) is 0 Å². The second kappa shape index (κ2) is 2.64. The van der Waals surface area contributed by atoms with Crippen LogP contribution in [0, 0.1) is 0 Å². The largest absolute Gasteiger partial charge is 0.324 e. The molecule has 0 aromatic heterocycles. The number of fused-ring (bicyclic) bond motifs is 1. The third-order valence-corrected chi connectivity index (χ3v) is 2.44. The molecule has 1 aromatic carbocycles. The summed E-state index contributed by atoms with van der Waals surface area (Å²) in [5, 5.41) is 2.66. The first-order chi connectivity index (χ1) is 5.68. The van der Waals surface area contributed by atoms with Crippen LogP contribution in [-0.2, 0) is 4.79 Å². The molecule has 62 valence electrons. The summed E-state index contributed by atoms with van der Waals surface area (Å²) in [4.78, 5) is 11.1. The number of alkyl halides is 1. The maximum Gasteiger partial charge on any atom is 0.247 e. The first-order valence-corrected chi connectivity index (χ1v) is 4.24. The van der Waals surface area contributed by atoms with E-state index < -0.39 is 5.38 Å². The van der Waals surface area contributed by atoms with Crippen LogP contribution in [0.25, 0.3) is 0 Å². The number of amides is 1. The van der Waals surface area contributed by atoms with Gasteiger partial charge in [-0.1, -0.05) is 17.7 Å². The molecule has 1 heterocycles. The number of carbonyl (C=O) groups is 1. The Morgan fingerprint density at radius 2 is 2.17 bits per heavy atom. The number of benzene rings is 1. The van der Waals surface area contributed by atoms with E-state index in [1.807, 2.05) is 0 Å². The minimum atomic E-state index is -0.572. The van der Waals surface area contributed by atoms with Gasteiger partial charge in [0.15, 0.2) is 0 Å². The van der Waals surface area contributed by atoms with Gasteiger partial charge in [-0.3, -0.25) is 4.79 Å². The first kappa shape index (κ1) is 7.90. The van der Waals surface area contributed by atoms with Crippen LogP contribution in [0.15, 0.2) is 18.2 Å². The lowest BCUT2D eigenvalue weighted by Crippen LogP contribution is -2.06. The molecule has 2 rings (SSSR count). The van der Waals surface area contributed by atoms with Gasteiger partial charge in [-0.2, -0.15) is 0 Å². The molecule has 12 heavy (non-hydrogen) atoms. The summed E-state index contributed by atoms with van der Waals surface area (Å²) < 4.78 is 0. The van der Waals surface area contributed by atoms with E-state index >= 15 is 0 Å². The Kier molecular flexibility index (Phi) is 1.74.